The lowest BCUT2D eigenvalue weighted by Crippen LogP contribution is -2.41. The normalized spacial score (nSPS) is 22.7. The molecule has 4 rings (SSSR count). The SMILES string of the molecule is O=C(O)C[C@H]1Sc2nc3ccccc3n2[C@]1(O)c1ccc(Cl)cc1. The van der Waals surface area contributed by atoms with Crippen molar-refractivity contribution in [1.82, 2.24) is 9.55 Å². The second kappa shape index (κ2) is 5.51. The minimum absolute atomic E-state index is 0.179. The third kappa shape index (κ3) is 2.22. The molecule has 5 nitrogen and oxygen atoms in total. The van der Waals surface area contributed by atoms with Crippen LogP contribution in [0.1, 0.15) is 12.0 Å². The molecule has 3 aromatic rings. The molecule has 2 heterocycles. The Labute approximate surface area is 146 Å². The number of aliphatic carboxylic acids is 1. The van der Waals surface area contributed by atoms with Gasteiger partial charge in [-0.15, -0.1) is 0 Å². The third-order valence-electron chi connectivity index (χ3n) is 4.20. The Hall–Kier alpha value is -2.02. The van der Waals surface area contributed by atoms with Crippen molar-refractivity contribution in [2.24, 2.45) is 0 Å². The molecule has 0 saturated heterocycles. The molecule has 0 spiro atoms. The van der Waals surface area contributed by atoms with Gasteiger partial charge in [0, 0.05) is 10.6 Å². The summed E-state index contributed by atoms with van der Waals surface area (Å²) < 4.78 is 1.73. The van der Waals surface area contributed by atoms with Crippen LogP contribution in [-0.4, -0.2) is 31.0 Å². The van der Waals surface area contributed by atoms with Gasteiger partial charge in [0.25, 0.3) is 0 Å². The Balaban J connectivity index is 1.96. The van der Waals surface area contributed by atoms with Gasteiger partial charge in [0.05, 0.1) is 22.7 Å². The van der Waals surface area contributed by atoms with Gasteiger partial charge in [-0.3, -0.25) is 9.36 Å². The first-order valence-corrected chi connectivity index (χ1v) is 8.60. The van der Waals surface area contributed by atoms with Gasteiger partial charge in [-0.2, -0.15) is 0 Å². The monoisotopic (exact) mass is 360 g/mol. The number of carbonyl (C=O) groups is 1. The van der Waals surface area contributed by atoms with E-state index in [1.807, 2.05) is 24.3 Å². The Bertz CT molecular complexity index is 941. The number of aliphatic hydroxyl groups is 1. The fourth-order valence-corrected chi connectivity index (χ4v) is 4.62. The van der Waals surface area contributed by atoms with Crippen LogP contribution >= 0.6 is 23.4 Å². The second-order valence-electron chi connectivity index (χ2n) is 5.66. The maximum absolute atomic E-state index is 11.6. The van der Waals surface area contributed by atoms with Crippen LogP contribution in [0.4, 0.5) is 0 Å². The highest BCUT2D eigenvalue weighted by atomic mass is 35.5. The quantitative estimate of drug-likeness (QED) is 0.749. The zero-order chi connectivity index (χ0) is 16.9. The van der Waals surface area contributed by atoms with Gasteiger partial charge in [0.2, 0.25) is 0 Å². The van der Waals surface area contributed by atoms with Crippen LogP contribution in [0.3, 0.4) is 0 Å². The van der Waals surface area contributed by atoms with E-state index in [-0.39, 0.29) is 6.42 Å². The van der Waals surface area contributed by atoms with Crippen molar-refractivity contribution in [3.63, 3.8) is 0 Å². The molecule has 0 bridgehead atoms. The zero-order valence-corrected chi connectivity index (χ0v) is 14.0. The highest BCUT2D eigenvalue weighted by molar-refractivity contribution is 8.00. The molecular weight excluding hydrogens is 348 g/mol. The Morgan fingerprint density at radius 1 is 1.25 bits per heavy atom. The summed E-state index contributed by atoms with van der Waals surface area (Å²) in [5.74, 6) is -0.963. The van der Waals surface area contributed by atoms with Gasteiger partial charge in [-0.25, -0.2) is 4.98 Å². The number of nitrogens with zero attached hydrogens (tertiary/aromatic N) is 2. The highest BCUT2D eigenvalue weighted by Crippen LogP contribution is 2.49. The number of aromatic nitrogens is 2. The molecule has 0 radical (unpaired) electrons. The van der Waals surface area contributed by atoms with E-state index in [4.69, 9.17) is 11.6 Å². The molecule has 2 atom stereocenters. The molecule has 2 N–H and O–H groups in total. The van der Waals surface area contributed by atoms with Crippen LogP contribution in [-0.2, 0) is 10.5 Å². The number of para-hydroxylation sites is 2. The molecule has 0 amide bonds. The van der Waals surface area contributed by atoms with Crippen molar-refractivity contribution in [2.45, 2.75) is 22.6 Å². The topological polar surface area (TPSA) is 75.3 Å². The van der Waals surface area contributed by atoms with E-state index < -0.39 is 16.9 Å². The first-order chi connectivity index (χ1) is 11.5. The van der Waals surface area contributed by atoms with E-state index >= 15 is 0 Å². The molecule has 1 aromatic heterocycles. The van der Waals surface area contributed by atoms with Crippen molar-refractivity contribution in [2.75, 3.05) is 0 Å². The standard InChI is InChI=1S/C17H13ClN2O3S/c18-11-7-5-10(6-8-11)17(23)14(9-15(21)22)24-16-19-12-3-1-2-4-13(12)20(16)17/h1-8,14,23H,9H2,(H,21,22)/t14-,17+/m1/s1. The van der Waals surface area contributed by atoms with Crippen molar-refractivity contribution in [1.29, 1.82) is 0 Å². The predicted octanol–water partition coefficient (Wildman–Crippen LogP) is 3.33. The number of fused-ring (bicyclic) bond motifs is 3. The number of hydrogen-bond donors (Lipinski definition) is 2. The largest absolute Gasteiger partial charge is 0.481 e. The number of halogens is 1. The summed E-state index contributed by atoms with van der Waals surface area (Å²) in [7, 11) is 0. The van der Waals surface area contributed by atoms with Gasteiger partial charge in [0.15, 0.2) is 10.9 Å². The van der Waals surface area contributed by atoms with Gasteiger partial charge in [-0.1, -0.05) is 47.6 Å². The average Bonchev–Trinajstić information content (AvgIpc) is 3.03. The van der Waals surface area contributed by atoms with Crippen LogP contribution in [0.2, 0.25) is 5.02 Å². The average molecular weight is 361 g/mol. The first kappa shape index (κ1) is 15.5. The smallest absolute Gasteiger partial charge is 0.304 e. The molecule has 0 aliphatic carbocycles. The summed E-state index contributed by atoms with van der Waals surface area (Å²) in [4.78, 5) is 15.8. The Morgan fingerprint density at radius 2 is 1.96 bits per heavy atom. The van der Waals surface area contributed by atoms with Crippen LogP contribution in [0.25, 0.3) is 11.0 Å². The fourth-order valence-electron chi connectivity index (χ4n) is 3.12. The molecule has 0 fully saturated rings. The number of imidazole rings is 1. The summed E-state index contributed by atoms with van der Waals surface area (Å²) in [6.07, 6.45) is -0.179. The number of benzene rings is 2. The van der Waals surface area contributed by atoms with E-state index in [2.05, 4.69) is 4.98 Å². The number of rotatable bonds is 3. The lowest BCUT2D eigenvalue weighted by atomic mass is 9.96. The summed E-state index contributed by atoms with van der Waals surface area (Å²) in [5, 5.41) is 21.4. The maximum Gasteiger partial charge on any atom is 0.304 e. The number of hydrogen-bond acceptors (Lipinski definition) is 4. The minimum atomic E-state index is -1.50. The van der Waals surface area contributed by atoms with Gasteiger partial charge in [-0.05, 0) is 24.3 Å². The lowest BCUT2D eigenvalue weighted by Gasteiger charge is -2.31. The van der Waals surface area contributed by atoms with E-state index in [9.17, 15) is 15.0 Å². The number of carboxylic acids is 1. The van der Waals surface area contributed by atoms with Crippen molar-refractivity contribution in [3.05, 3.63) is 59.1 Å². The fraction of sp³-hybridized carbons (Fsp3) is 0.176. The zero-order valence-electron chi connectivity index (χ0n) is 12.4. The first-order valence-electron chi connectivity index (χ1n) is 7.35. The lowest BCUT2D eigenvalue weighted by molar-refractivity contribution is -0.138. The summed E-state index contributed by atoms with van der Waals surface area (Å²) in [5.41, 5.74) is 0.623. The van der Waals surface area contributed by atoms with E-state index in [1.165, 1.54) is 11.8 Å². The molecule has 122 valence electrons. The van der Waals surface area contributed by atoms with Crippen LogP contribution in [0.5, 0.6) is 0 Å². The molecular formula is C17H13ClN2O3S. The summed E-state index contributed by atoms with van der Waals surface area (Å²) in [6.45, 7) is 0. The number of carboxylic acid groups (broad SMARTS) is 1. The Kier molecular flexibility index (Phi) is 3.56. The maximum atomic E-state index is 11.6. The van der Waals surface area contributed by atoms with Gasteiger partial charge < -0.3 is 10.2 Å². The molecule has 1 aliphatic rings. The van der Waals surface area contributed by atoms with E-state index in [1.54, 1.807) is 28.8 Å². The molecule has 0 saturated carbocycles. The summed E-state index contributed by atoms with van der Waals surface area (Å²) in [6, 6.07) is 14.3. The van der Waals surface area contributed by atoms with Crippen LogP contribution in [0.15, 0.2) is 53.7 Å². The predicted molar refractivity (Wildman–Crippen MR) is 92.4 cm³/mol. The molecule has 2 aromatic carbocycles. The Morgan fingerprint density at radius 3 is 2.67 bits per heavy atom. The van der Waals surface area contributed by atoms with Gasteiger partial charge >= 0.3 is 5.97 Å². The van der Waals surface area contributed by atoms with Gasteiger partial charge in [0.1, 0.15) is 0 Å². The molecule has 7 heteroatoms. The third-order valence-corrected chi connectivity index (χ3v) is 5.71. The van der Waals surface area contributed by atoms with E-state index in [0.717, 1.165) is 11.0 Å². The van der Waals surface area contributed by atoms with E-state index in [0.29, 0.717) is 15.7 Å². The molecule has 0 unspecified atom stereocenters. The van der Waals surface area contributed by atoms with Crippen LogP contribution in [0, 0.1) is 0 Å². The highest BCUT2D eigenvalue weighted by Gasteiger charge is 2.50. The summed E-state index contributed by atoms with van der Waals surface area (Å²) >= 11 is 7.24. The second-order valence-corrected chi connectivity index (χ2v) is 7.26. The van der Waals surface area contributed by atoms with Crippen molar-refractivity contribution < 1.29 is 15.0 Å². The molecule has 24 heavy (non-hydrogen) atoms. The molecule has 1 aliphatic heterocycles. The van der Waals surface area contributed by atoms with Crippen LogP contribution < -0.4 is 0 Å². The number of thioether (sulfide) groups is 1. The van der Waals surface area contributed by atoms with Crippen molar-refractivity contribution in [3.8, 4) is 0 Å². The van der Waals surface area contributed by atoms with Crippen molar-refractivity contribution >= 4 is 40.4 Å². The minimum Gasteiger partial charge on any atom is -0.481 e.